The van der Waals surface area contributed by atoms with Crippen molar-refractivity contribution in [3.8, 4) is 0 Å². The Labute approximate surface area is 123 Å². The number of carbonyl (C=O) groups excluding carboxylic acids is 1. The molecule has 1 aromatic carbocycles. The molecular weight excluding hydrogens is 308 g/mol. The zero-order valence-electron chi connectivity index (χ0n) is 11.6. The minimum absolute atomic E-state index is 0.0219. The zero-order chi connectivity index (χ0) is 14.3. The molecule has 0 saturated carbocycles. The lowest BCUT2D eigenvalue weighted by Crippen LogP contribution is -2.41. The van der Waals surface area contributed by atoms with E-state index in [1.807, 2.05) is 38.1 Å². The summed E-state index contributed by atoms with van der Waals surface area (Å²) in [5, 5.41) is 6.06. The maximum Gasteiger partial charge on any atom is 0.234 e. The molecule has 0 radical (unpaired) electrons. The third-order valence-corrected chi connectivity index (χ3v) is 3.23. The minimum atomic E-state index is -0.0219. The Balaban J connectivity index is 2.37. The summed E-state index contributed by atoms with van der Waals surface area (Å²) in [4.78, 5) is 11.7. The van der Waals surface area contributed by atoms with Crippen LogP contribution >= 0.6 is 15.9 Å². The number of methoxy groups -OCH3 is 1. The highest BCUT2D eigenvalue weighted by molar-refractivity contribution is 9.10. The van der Waals surface area contributed by atoms with Gasteiger partial charge in [0.15, 0.2) is 0 Å². The summed E-state index contributed by atoms with van der Waals surface area (Å²) in [6.45, 7) is 4.77. The molecule has 0 heterocycles. The van der Waals surface area contributed by atoms with Crippen molar-refractivity contribution in [2.45, 2.75) is 25.9 Å². The van der Waals surface area contributed by atoms with Crippen LogP contribution < -0.4 is 10.6 Å². The highest BCUT2D eigenvalue weighted by Crippen LogP contribution is 2.17. The normalized spacial score (nSPS) is 13.9. The van der Waals surface area contributed by atoms with Crippen LogP contribution in [0.1, 0.15) is 25.5 Å². The molecule has 5 heteroatoms. The second-order valence-electron chi connectivity index (χ2n) is 4.58. The second-order valence-corrected chi connectivity index (χ2v) is 5.50. The minimum Gasteiger partial charge on any atom is -0.383 e. The molecule has 2 atom stereocenters. The van der Waals surface area contributed by atoms with Crippen molar-refractivity contribution in [1.29, 1.82) is 0 Å². The third kappa shape index (κ3) is 6.18. The lowest BCUT2D eigenvalue weighted by atomic mass is 10.1. The van der Waals surface area contributed by atoms with Gasteiger partial charge < -0.3 is 15.4 Å². The lowest BCUT2D eigenvalue weighted by Gasteiger charge is -2.16. The van der Waals surface area contributed by atoms with Gasteiger partial charge in [0.05, 0.1) is 13.2 Å². The van der Waals surface area contributed by atoms with Crippen LogP contribution in [0.3, 0.4) is 0 Å². The number of rotatable bonds is 7. The van der Waals surface area contributed by atoms with E-state index in [9.17, 15) is 4.79 Å². The quantitative estimate of drug-likeness (QED) is 0.807. The largest absolute Gasteiger partial charge is 0.383 e. The number of amides is 1. The third-order valence-electron chi connectivity index (χ3n) is 2.74. The summed E-state index contributed by atoms with van der Waals surface area (Å²) >= 11 is 3.44. The number of benzene rings is 1. The summed E-state index contributed by atoms with van der Waals surface area (Å²) in [7, 11) is 1.62. The van der Waals surface area contributed by atoms with Crippen LogP contribution in [0, 0.1) is 0 Å². The van der Waals surface area contributed by atoms with Gasteiger partial charge in [0.25, 0.3) is 0 Å². The van der Waals surface area contributed by atoms with Crippen molar-refractivity contribution < 1.29 is 9.53 Å². The Hall–Kier alpha value is -0.910. The fourth-order valence-corrected chi connectivity index (χ4v) is 2.17. The van der Waals surface area contributed by atoms with Gasteiger partial charge in [-0.3, -0.25) is 4.79 Å². The van der Waals surface area contributed by atoms with Crippen molar-refractivity contribution in [1.82, 2.24) is 10.6 Å². The van der Waals surface area contributed by atoms with Gasteiger partial charge in [-0.1, -0.05) is 28.1 Å². The summed E-state index contributed by atoms with van der Waals surface area (Å²) in [5.41, 5.74) is 1.15. The smallest absolute Gasteiger partial charge is 0.234 e. The van der Waals surface area contributed by atoms with Crippen LogP contribution in [0.25, 0.3) is 0 Å². The van der Waals surface area contributed by atoms with Gasteiger partial charge in [-0.2, -0.15) is 0 Å². The predicted octanol–water partition coefficient (Wildman–Crippen LogP) is 2.25. The van der Waals surface area contributed by atoms with E-state index in [0.29, 0.717) is 13.2 Å². The van der Waals surface area contributed by atoms with Gasteiger partial charge in [-0.25, -0.2) is 0 Å². The molecule has 1 amide bonds. The van der Waals surface area contributed by atoms with Crippen molar-refractivity contribution in [3.05, 3.63) is 34.3 Å². The molecule has 2 N–H and O–H groups in total. The van der Waals surface area contributed by atoms with Crippen LogP contribution in [0.5, 0.6) is 0 Å². The molecule has 1 rings (SSSR count). The molecule has 0 aliphatic heterocycles. The van der Waals surface area contributed by atoms with E-state index >= 15 is 0 Å². The SMILES string of the molecule is COCC(C)NC(=O)CN[C@H](C)c1cccc(Br)c1. The molecule has 0 fully saturated rings. The van der Waals surface area contributed by atoms with E-state index < -0.39 is 0 Å². The summed E-state index contributed by atoms with van der Waals surface area (Å²) in [6.07, 6.45) is 0. The fraction of sp³-hybridized carbons (Fsp3) is 0.500. The number of nitrogens with one attached hydrogen (secondary N) is 2. The molecule has 0 aliphatic rings. The van der Waals surface area contributed by atoms with Crippen molar-refractivity contribution in [2.24, 2.45) is 0 Å². The first kappa shape index (κ1) is 16.1. The van der Waals surface area contributed by atoms with E-state index in [4.69, 9.17) is 4.74 Å². The Morgan fingerprint density at radius 2 is 2.16 bits per heavy atom. The second kappa shape index (κ2) is 8.30. The molecule has 1 aromatic rings. The number of carbonyl (C=O) groups is 1. The maximum absolute atomic E-state index is 11.7. The van der Waals surface area contributed by atoms with E-state index in [-0.39, 0.29) is 18.0 Å². The highest BCUT2D eigenvalue weighted by atomic mass is 79.9. The molecule has 4 nitrogen and oxygen atoms in total. The average Bonchev–Trinajstić information content (AvgIpc) is 2.36. The van der Waals surface area contributed by atoms with E-state index in [0.717, 1.165) is 10.0 Å². The molecule has 0 bridgehead atoms. The van der Waals surface area contributed by atoms with Crippen LogP contribution in [-0.2, 0) is 9.53 Å². The maximum atomic E-state index is 11.7. The van der Waals surface area contributed by atoms with Crippen LogP contribution in [0.4, 0.5) is 0 Å². The molecule has 19 heavy (non-hydrogen) atoms. The van der Waals surface area contributed by atoms with Gasteiger partial charge >= 0.3 is 0 Å². The first-order valence-corrected chi connectivity index (χ1v) is 7.09. The standard InChI is InChI=1S/C14H21BrN2O2/c1-10(9-19-3)17-14(18)8-16-11(2)12-5-4-6-13(15)7-12/h4-7,10-11,16H,8-9H2,1-3H3,(H,17,18)/t10?,11-/m1/s1. The molecule has 1 unspecified atom stereocenters. The predicted molar refractivity (Wildman–Crippen MR) is 80.0 cm³/mol. The highest BCUT2D eigenvalue weighted by Gasteiger charge is 2.10. The van der Waals surface area contributed by atoms with Crippen LogP contribution in [-0.4, -0.2) is 32.2 Å². The first-order chi connectivity index (χ1) is 9.02. The van der Waals surface area contributed by atoms with Crippen LogP contribution in [0.2, 0.25) is 0 Å². The molecule has 0 saturated heterocycles. The average molecular weight is 329 g/mol. The van der Waals surface area contributed by atoms with E-state index in [1.54, 1.807) is 7.11 Å². The number of hydrogen-bond acceptors (Lipinski definition) is 3. The van der Waals surface area contributed by atoms with E-state index in [1.165, 1.54) is 0 Å². The Kier molecular flexibility index (Phi) is 7.05. The van der Waals surface area contributed by atoms with Crippen molar-refractivity contribution in [3.63, 3.8) is 0 Å². The van der Waals surface area contributed by atoms with Gasteiger partial charge in [0.1, 0.15) is 0 Å². The van der Waals surface area contributed by atoms with Gasteiger partial charge in [-0.05, 0) is 31.5 Å². The molecular formula is C14H21BrN2O2. The fourth-order valence-electron chi connectivity index (χ4n) is 1.76. The van der Waals surface area contributed by atoms with E-state index in [2.05, 4.69) is 26.6 Å². The number of halogens is 1. The summed E-state index contributed by atoms with van der Waals surface area (Å²) in [6, 6.07) is 8.20. The van der Waals surface area contributed by atoms with Gasteiger partial charge in [0, 0.05) is 23.7 Å². The monoisotopic (exact) mass is 328 g/mol. The Bertz CT molecular complexity index is 412. The van der Waals surface area contributed by atoms with Crippen molar-refractivity contribution >= 4 is 21.8 Å². The molecule has 0 spiro atoms. The number of ether oxygens (including phenoxy) is 1. The zero-order valence-corrected chi connectivity index (χ0v) is 13.2. The van der Waals surface area contributed by atoms with Gasteiger partial charge in [0.2, 0.25) is 5.91 Å². The molecule has 106 valence electrons. The Morgan fingerprint density at radius 3 is 2.79 bits per heavy atom. The van der Waals surface area contributed by atoms with Crippen molar-refractivity contribution in [2.75, 3.05) is 20.3 Å². The molecule has 0 aromatic heterocycles. The van der Waals surface area contributed by atoms with Crippen LogP contribution in [0.15, 0.2) is 28.7 Å². The lowest BCUT2D eigenvalue weighted by molar-refractivity contribution is -0.121. The summed E-state index contributed by atoms with van der Waals surface area (Å²) in [5.74, 6) is -0.0219. The first-order valence-electron chi connectivity index (χ1n) is 6.30. The number of hydrogen-bond donors (Lipinski definition) is 2. The summed E-state index contributed by atoms with van der Waals surface area (Å²) < 4.78 is 6.01. The Morgan fingerprint density at radius 1 is 1.42 bits per heavy atom. The van der Waals surface area contributed by atoms with Gasteiger partial charge in [-0.15, -0.1) is 0 Å². The molecule has 0 aliphatic carbocycles. The topological polar surface area (TPSA) is 50.4 Å².